The highest BCUT2D eigenvalue weighted by molar-refractivity contribution is 5.81. The summed E-state index contributed by atoms with van der Waals surface area (Å²) in [7, 11) is 0. The van der Waals surface area contributed by atoms with Crippen LogP contribution in [0, 0.1) is 6.92 Å². The maximum atomic E-state index is 12.7. The summed E-state index contributed by atoms with van der Waals surface area (Å²) in [6.45, 7) is 6.40. The highest BCUT2D eigenvalue weighted by Crippen LogP contribution is 2.17. The van der Waals surface area contributed by atoms with E-state index in [4.69, 9.17) is 4.74 Å². The van der Waals surface area contributed by atoms with Crippen LogP contribution in [-0.4, -0.2) is 62.8 Å². The summed E-state index contributed by atoms with van der Waals surface area (Å²) < 4.78 is 7.65. The molecule has 1 aliphatic rings. The number of imidazole rings is 1. The maximum Gasteiger partial charge on any atom is 0.263 e. The number of aryl methyl sites for hydroxylation is 1. The number of piperazine rings is 1. The molecule has 1 atom stereocenters. The minimum Gasteiger partial charge on any atom is -0.481 e. The van der Waals surface area contributed by atoms with Crippen LogP contribution in [0.1, 0.15) is 12.7 Å². The molecule has 8 nitrogen and oxygen atoms in total. The lowest BCUT2D eigenvalue weighted by Gasteiger charge is -2.36. The average Bonchev–Trinajstić information content (AvgIpc) is 3.20. The van der Waals surface area contributed by atoms with E-state index in [1.54, 1.807) is 13.1 Å². The molecule has 1 saturated heterocycles. The second kappa shape index (κ2) is 8.30. The molecule has 1 unspecified atom stereocenters. The summed E-state index contributed by atoms with van der Waals surface area (Å²) in [6.07, 6.45) is 3.09. The first-order valence-electron chi connectivity index (χ1n) is 9.71. The van der Waals surface area contributed by atoms with Gasteiger partial charge in [-0.1, -0.05) is 18.2 Å². The average molecular weight is 392 g/mol. The molecule has 1 amide bonds. The number of hydrogen-bond donors (Lipinski definition) is 0. The Labute approximate surface area is 169 Å². The SMILES string of the molecule is Cc1nccn1-c1ccc(N2CCN(C(=O)C(C)Oc3ccccc3)CC2)nn1. The van der Waals surface area contributed by atoms with Gasteiger partial charge in [-0.3, -0.25) is 9.36 Å². The second-order valence-corrected chi connectivity index (χ2v) is 6.98. The lowest BCUT2D eigenvalue weighted by atomic mass is 10.2. The predicted molar refractivity (Wildman–Crippen MR) is 109 cm³/mol. The van der Waals surface area contributed by atoms with E-state index in [0.29, 0.717) is 31.9 Å². The van der Waals surface area contributed by atoms with Crippen molar-refractivity contribution < 1.29 is 9.53 Å². The van der Waals surface area contributed by atoms with E-state index in [1.807, 2.05) is 65.1 Å². The van der Waals surface area contributed by atoms with Crippen LogP contribution in [0.5, 0.6) is 5.75 Å². The maximum absolute atomic E-state index is 12.7. The first-order chi connectivity index (χ1) is 14.1. The van der Waals surface area contributed by atoms with E-state index in [0.717, 1.165) is 17.5 Å². The van der Waals surface area contributed by atoms with Gasteiger partial charge in [0.1, 0.15) is 11.6 Å². The number of amides is 1. The molecule has 2 aromatic heterocycles. The third-order valence-electron chi connectivity index (χ3n) is 5.03. The zero-order valence-electron chi connectivity index (χ0n) is 16.6. The Morgan fingerprint density at radius 3 is 2.31 bits per heavy atom. The smallest absolute Gasteiger partial charge is 0.263 e. The highest BCUT2D eigenvalue weighted by atomic mass is 16.5. The Hall–Kier alpha value is -3.42. The van der Waals surface area contributed by atoms with Crippen LogP contribution in [0.4, 0.5) is 5.82 Å². The van der Waals surface area contributed by atoms with Crippen molar-refractivity contribution in [1.82, 2.24) is 24.6 Å². The number of carbonyl (C=O) groups excluding carboxylic acids is 1. The van der Waals surface area contributed by atoms with Crippen LogP contribution in [-0.2, 0) is 4.79 Å². The highest BCUT2D eigenvalue weighted by Gasteiger charge is 2.26. The largest absolute Gasteiger partial charge is 0.481 e. The minimum atomic E-state index is -0.513. The van der Waals surface area contributed by atoms with Gasteiger partial charge in [-0.25, -0.2) is 4.98 Å². The molecule has 0 saturated carbocycles. The summed E-state index contributed by atoms with van der Waals surface area (Å²) in [6, 6.07) is 13.3. The Morgan fingerprint density at radius 1 is 1.00 bits per heavy atom. The molecule has 0 aliphatic carbocycles. The fourth-order valence-electron chi connectivity index (χ4n) is 3.40. The van der Waals surface area contributed by atoms with Crippen molar-refractivity contribution in [3.8, 4) is 11.6 Å². The molecule has 3 heterocycles. The van der Waals surface area contributed by atoms with Crippen molar-refractivity contribution in [1.29, 1.82) is 0 Å². The van der Waals surface area contributed by atoms with Crippen molar-refractivity contribution in [3.63, 3.8) is 0 Å². The summed E-state index contributed by atoms with van der Waals surface area (Å²) in [5.41, 5.74) is 0. The molecule has 0 spiro atoms. The number of benzene rings is 1. The number of aromatic nitrogens is 4. The lowest BCUT2D eigenvalue weighted by Crippen LogP contribution is -2.52. The first-order valence-corrected chi connectivity index (χ1v) is 9.71. The second-order valence-electron chi connectivity index (χ2n) is 6.98. The minimum absolute atomic E-state index is 0.00511. The quantitative estimate of drug-likeness (QED) is 0.662. The zero-order chi connectivity index (χ0) is 20.2. The van der Waals surface area contributed by atoms with Gasteiger partial charge in [-0.2, -0.15) is 0 Å². The van der Waals surface area contributed by atoms with Crippen molar-refractivity contribution in [2.24, 2.45) is 0 Å². The van der Waals surface area contributed by atoms with Gasteiger partial charge in [0.15, 0.2) is 17.7 Å². The number of anilines is 1. The number of nitrogens with zero attached hydrogens (tertiary/aromatic N) is 6. The number of para-hydroxylation sites is 1. The molecule has 4 rings (SSSR count). The summed E-state index contributed by atoms with van der Waals surface area (Å²) in [5.74, 6) is 3.13. The van der Waals surface area contributed by atoms with Crippen LogP contribution >= 0.6 is 0 Å². The van der Waals surface area contributed by atoms with Gasteiger partial charge in [-0.05, 0) is 38.1 Å². The molecule has 1 aromatic carbocycles. The van der Waals surface area contributed by atoms with E-state index >= 15 is 0 Å². The van der Waals surface area contributed by atoms with Gasteiger partial charge in [0, 0.05) is 38.6 Å². The van der Waals surface area contributed by atoms with Crippen LogP contribution in [0.2, 0.25) is 0 Å². The normalized spacial score (nSPS) is 15.2. The predicted octanol–water partition coefficient (Wildman–Crippen LogP) is 2.09. The van der Waals surface area contributed by atoms with Crippen LogP contribution in [0.3, 0.4) is 0 Å². The third-order valence-corrected chi connectivity index (χ3v) is 5.03. The van der Waals surface area contributed by atoms with Gasteiger partial charge >= 0.3 is 0 Å². The molecule has 150 valence electrons. The molecule has 29 heavy (non-hydrogen) atoms. The number of ether oxygens (including phenoxy) is 1. The van der Waals surface area contributed by atoms with E-state index in [9.17, 15) is 4.79 Å². The Morgan fingerprint density at radius 2 is 1.69 bits per heavy atom. The fourth-order valence-corrected chi connectivity index (χ4v) is 3.40. The fraction of sp³-hybridized carbons (Fsp3) is 0.333. The Kier molecular flexibility index (Phi) is 5.41. The Bertz CT molecular complexity index is 949. The van der Waals surface area contributed by atoms with Crippen molar-refractivity contribution >= 4 is 11.7 Å². The monoisotopic (exact) mass is 392 g/mol. The van der Waals surface area contributed by atoms with Crippen molar-refractivity contribution in [2.75, 3.05) is 31.1 Å². The van der Waals surface area contributed by atoms with E-state index < -0.39 is 6.10 Å². The standard InChI is InChI=1S/C21H24N6O2/c1-16(29-18-6-4-3-5-7-18)21(28)26-14-12-25(13-15-26)19-8-9-20(24-23-19)27-11-10-22-17(27)2/h3-11,16H,12-15H2,1-2H3. The molecule has 0 bridgehead atoms. The molecule has 8 heteroatoms. The summed E-state index contributed by atoms with van der Waals surface area (Å²) >= 11 is 0. The van der Waals surface area contributed by atoms with Gasteiger partial charge in [-0.15, -0.1) is 10.2 Å². The Balaban J connectivity index is 1.33. The van der Waals surface area contributed by atoms with E-state index in [1.165, 1.54) is 0 Å². The van der Waals surface area contributed by atoms with E-state index in [-0.39, 0.29) is 5.91 Å². The van der Waals surface area contributed by atoms with Gasteiger partial charge < -0.3 is 14.5 Å². The zero-order valence-corrected chi connectivity index (χ0v) is 16.6. The van der Waals surface area contributed by atoms with E-state index in [2.05, 4.69) is 20.1 Å². The van der Waals surface area contributed by atoms with Gasteiger partial charge in [0.2, 0.25) is 0 Å². The van der Waals surface area contributed by atoms with Gasteiger partial charge in [0.25, 0.3) is 5.91 Å². The number of hydrogen-bond acceptors (Lipinski definition) is 6. The van der Waals surface area contributed by atoms with Crippen molar-refractivity contribution in [2.45, 2.75) is 20.0 Å². The van der Waals surface area contributed by atoms with Crippen LogP contribution in [0.15, 0.2) is 54.9 Å². The molecule has 0 N–H and O–H groups in total. The topological polar surface area (TPSA) is 76.4 Å². The molecular weight excluding hydrogens is 368 g/mol. The van der Waals surface area contributed by atoms with Gasteiger partial charge in [0.05, 0.1) is 0 Å². The molecule has 0 radical (unpaired) electrons. The number of carbonyl (C=O) groups is 1. The molecular formula is C21H24N6O2. The molecule has 1 aliphatic heterocycles. The lowest BCUT2D eigenvalue weighted by molar-refractivity contribution is -0.138. The van der Waals surface area contributed by atoms with Crippen LogP contribution < -0.4 is 9.64 Å². The summed E-state index contributed by atoms with van der Waals surface area (Å²) in [5, 5.41) is 8.68. The molecule has 3 aromatic rings. The third kappa shape index (κ3) is 4.21. The number of rotatable bonds is 5. The molecule has 1 fully saturated rings. The van der Waals surface area contributed by atoms with Crippen LogP contribution in [0.25, 0.3) is 5.82 Å². The first kappa shape index (κ1) is 18.9. The van der Waals surface area contributed by atoms with Crippen molar-refractivity contribution in [3.05, 3.63) is 60.7 Å². The summed E-state index contributed by atoms with van der Waals surface area (Å²) in [4.78, 5) is 20.9.